The van der Waals surface area contributed by atoms with E-state index in [1.54, 1.807) is 0 Å². The summed E-state index contributed by atoms with van der Waals surface area (Å²) >= 11 is 0. The molecule has 4 rings (SSSR count). The number of hydrogen-bond acceptors (Lipinski definition) is 4. The molecule has 0 spiro atoms. The predicted octanol–water partition coefficient (Wildman–Crippen LogP) is 4.21. The zero-order valence-corrected chi connectivity index (χ0v) is 18.3. The molecule has 0 unspecified atom stereocenters. The minimum Gasteiger partial charge on any atom is -0.490 e. The molecule has 0 atom stereocenters. The van der Waals surface area contributed by atoms with Crippen molar-refractivity contribution in [2.24, 2.45) is 5.92 Å². The van der Waals surface area contributed by atoms with Gasteiger partial charge in [-0.05, 0) is 62.9 Å². The number of carbonyl (C=O) groups excluding carboxylic acids is 2. The van der Waals surface area contributed by atoms with Gasteiger partial charge < -0.3 is 19.3 Å². The van der Waals surface area contributed by atoms with E-state index in [1.165, 1.54) is 0 Å². The van der Waals surface area contributed by atoms with Crippen LogP contribution in [-0.4, -0.2) is 38.1 Å². The second-order valence-corrected chi connectivity index (χ2v) is 7.98. The highest BCUT2D eigenvalue weighted by atomic mass is 16.5. The third-order valence-electron chi connectivity index (χ3n) is 5.68. The first-order valence-electron chi connectivity index (χ1n) is 11.2. The van der Waals surface area contributed by atoms with Crippen LogP contribution in [0.25, 0.3) is 0 Å². The molecule has 0 bridgehead atoms. The molecule has 2 aliphatic rings. The first-order valence-corrected chi connectivity index (χ1v) is 11.2. The molecular formula is C25H30N2O4. The summed E-state index contributed by atoms with van der Waals surface area (Å²) in [5, 5.41) is 0. The Morgan fingerprint density at radius 3 is 2.23 bits per heavy atom. The van der Waals surface area contributed by atoms with Gasteiger partial charge in [-0.15, -0.1) is 0 Å². The Hall–Kier alpha value is -3.02. The quantitative estimate of drug-likeness (QED) is 0.671. The summed E-state index contributed by atoms with van der Waals surface area (Å²) < 4.78 is 11.3. The van der Waals surface area contributed by atoms with Crippen LogP contribution in [0.4, 0.5) is 11.4 Å². The van der Waals surface area contributed by atoms with E-state index < -0.39 is 0 Å². The molecule has 6 nitrogen and oxygen atoms in total. The molecule has 1 fully saturated rings. The van der Waals surface area contributed by atoms with Gasteiger partial charge in [0.05, 0.1) is 31.0 Å². The van der Waals surface area contributed by atoms with Gasteiger partial charge in [-0.3, -0.25) is 9.59 Å². The highest BCUT2D eigenvalue weighted by molar-refractivity contribution is 6.04. The molecule has 1 heterocycles. The fourth-order valence-corrected chi connectivity index (χ4v) is 4.06. The zero-order valence-electron chi connectivity index (χ0n) is 18.3. The molecule has 2 amide bonds. The van der Waals surface area contributed by atoms with Crippen molar-refractivity contribution in [2.75, 3.05) is 36.1 Å². The lowest BCUT2D eigenvalue weighted by molar-refractivity contribution is -0.120. The number of amides is 2. The molecule has 0 aromatic heterocycles. The van der Waals surface area contributed by atoms with Gasteiger partial charge in [-0.25, -0.2) is 0 Å². The van der Waals surface area contributed by atoms with Crippen molar-refractivity contribution in [1.82, 2.24) is 0 Å². The topological polar surface area (TPSA) is 59.1 Å². The van der Waals surface area contributed by atoms with Crippen LogP contribution >= 0.6 is 0 Å². The molecule has 31 heavy (non-hydrogen) atoms. The van der Waals surface area contributed by atoms with E-state index in [-0.39, 0.29) is 24.2 Å². The number of fused-ring (bicyclic) bond motifs is 1. The minimum atomic E-state index is 0.0137. The second kappa shape index (κ2) is 9.41. The van der Waals surface area contributed by atoms with E-state index in [2.05, 4.69) is 0 Å². The lowest BCUT2D eigenvalue weighted by Gasteiger charge is -2.25. The Bertz CT molecular complexity index is 954. The summed E-state index contributed by atoms with van der Waals surface area (Å²) in [4.78, 5) is 29.9. The second-order valence-electron chi connectivity index (χ2n) is 7.98. The monoisotopic (exact) mass is 422 g/mol. The number of nitrogens with zero attached hydrogens (tertiary/aromatic N) is 2. The van der Waals surface area contributed by atoms with Crippen molar-refractivity contribution in [2.45, 2.75) is 39.5 Å². The number of rotatable bonds is 7. The third kappa shape index (κ3) is 4.68. The number of para-hydroxylation sites is 2. The Balaban J connectivity index is 1.57. The van der Waals surface area contributed by atoms with Gasteiger partial charge in [0, 0.05) is 19.0 Å². The van der Waals surface area contributed by atoms with Gasteiger partial charge in [-0.1, -0.05) is 18.2 Å². The van der Waals surface area contributed by atoms with Crippen LogP contribution in [-0.2, 0) is 16.0 Å². The van der Waals surface area contributed by atoms with Crippen molar-refractivity contribution >= 4 is 23.2 Å². The Morgan fingerprint density at radius 1 is 0.903 bits per heavy atom. The van der Waals surface area contributed by atoms with Gasteiger partial charge in [0.2, 0.25) is 11.8 Å². The van der Waals surface area contributed by atoms with Crippen molar-refractivity contribution in [3.05, 3.63) is 48.0 Å². The highest BCUT2D eigenvalue weighted by Gasteiger charge is 2.36. The molecule has 0 N–H and O–H groups in total. The maximum Gasteiger partial charge on any atom is 0.231 e. The molecule has 1 aliphatic carbocycles. The molecule has 6 heteroatoms. The first kappa shape index (κ1) is 21.2. The van der Waals surface area contributed by atoms with Crippen LogP contribution in [0, 0.1) is 5.92 Å². The average molecular weight is 423 g/mol. The lowest BCUT2D eigenvalue weighted by atomic mass is 10.1. The average Bonchev–Trinajstić information content (AvgIpc) is 3.62. The van der Waals surface area contributed by atoms with E-state index in [0.717, 1.165) is 36.2 Å². The zero-order chi connectivity index (χ0) is 21.8. The molecule has 164 valence electrons. The Kier molecular flexibility index (Phi) is 6.44. The fourth-order valence-electron chi connectivity index (χ4n) is 4.06. The summed E-state index contributed by atoms with van der Waals surface area (Å²) in [6.45, 7) is 6.19. The van der Waals surface area contributed by atoms with Gasteiger partial charge in [0.25, 0.3) is 0 Å². The number of benzene rings is 2. The normalized spacial score (nSPS) is 15.8. The van der Waals surface area contributed by atoms with Crippen molar-refractivity contribution in [3.8, 4) is 11.5 Å². The molecule has 0 radical (unpaired) electrons. The van der Waals surface area contributed by atoms with E-state index >= 15 is 0 Å². The summed E-state index contributed by atoms with van der Waals surface area (Å²) in [6.07, 6.45) is 2.96. The summed E-state index contributed by atoms with van der Waals surface area (Å²) in [5.74, 6) is 1.70. The van der Waals surface area contributed by atoms with Crippen LogP contribution in [0.3, 0.4) is 0 Å². The first-order chi connectivity index (χ1) is 15.1. The largest absolute Gasteiger partial charge is 0.490 e. The van der Waals surface area contributed by atoms with Gasteiger partial charge in [0.1, 0.15) is 0 Å². The smallest absolute Gasteiger partial charge is 0.231 e. The van der Waals surface area contributed by atoms with Gasteiger partial charge in [-0.2, -0.15) is 0 Å². The van der Waals surface area contributed by atoms with Gasteiger partial charge >= 0.3 is 0 Å². The molecular weight excluding hydrogens is 392 g/mol. The van der Waals surface area contributed by atoms with Crippen molar-refractivity contribution in [3.63, 3.8) is 0 Å². The Labute approximate surface area is 183 Å². The molecule has 1 aliphatic heterocycles. The SMILES string of the molecule is CCOc1ccc(CC(=O)N2CCCN(C(=O)C3CC3)c3ccccc32)cc1OCC. The molecule has 2 aromatic rings. The number of ether oxygens (including phenoxy) is 2. The number of carbonyl (C=O) groups is 2. The molecule has 1 saturated carbocycles. The lowest BCUT2D eigenvalue weighted by Crippen LogP contribution is -2.33. The fraction of sp³-hybridized carbons (Fsp3) is 0.440. The minimum absolute atomic E-state index is 0.0137. The van der Waals surface area contributed by atoms with Crippen LogP contribution in [0.5, 0.6) is 11.5 Å². The number of hydrogen-bond donors (Lipinski definition) is 0. The Morgan fingerprint density at radius 2 is 1.55 bits per heavy atom. The van der Waals surface area contributed by atoms with Gasteiger partial charge in [0.15, 0.2) is 11.5 Å². The molecule has 0 saturated heterocycles. The predicted molar refractivity (Wildman–Crippen MR) is 121 cm³/mol. The van der Waals surface area contributed by atoms with E-state index in [1.807, 2.05) is 66.1 Å². The van der Waals surface area contributed by atoms with Crippen LogP contribution in [0.1, 0.15) is 38.7 Å². The maximum atomic E-state index is 13.3. The highest BCUT2D eigenvalue weighted by Crippen LogP contribution is 2.38. The van der Waals surface area contributed by atoms with E-state index in [9.17, 15) is 9.59 Å². The van der Waals surface area contributed by atoms with Crippen LogP contribution < -0.4 is 19.3 Å². The third-order valence-corrected chi connectivity index (χ3v) is 5.68. The van der Waals surface area contributed by atoms with Crippen molar-refractivity contribution in [1.29, 1.82) is 0 Å². The molecule has 2 aromatic carbocycles. The summed E-state index contributed by atoms with van der Waals surface area (Å²) in [5.41, 5.74) is 2.53. The van der Waals surface area contributed by atoms with Crippen LogP contribution in [0.15, 0.2) is 42.5 Å². The van der Waals surface area contributed by atoms with E-state index in [0.29, 0.717) is 37.8 Å². The van der Waals surface area contributed by atoms with Crippen LogP contribution in [0.2, 0.25) is 0 Å². The number of anilines is 2. The van der Waals surface area contributed by atoms with E-state index in [4.69, 9.17) is 9.47 Å². The maximum absolute atomic E-state index is 13.3. The summed E-state index contributed by atoms with van der Waals surface area (Å²) in [6, 6.07) is 13.4. The standard InChI is InChI=1S/C25H30N2O4/c1-3-30-22-13-10-18(16-23(22)31-4-2)17-24(28)26-14-7-15-27(25(29)19-11-12-19)21-9-6-5-8-20(21)26/h5-6,8-10,13,16,19H,3-4,7,11-12,14-15,17H2,1-2H3. The van der Waals surface area contributed by atoms with Crippen molar-refractivity contribution < 1.29 is 19.1 Å². The summed E-state index contributed by atoms with van der Waals surface area (Å²) in [7, 11) is 0.